The number of imide groups is 2. The number of anilines is 2. The third-order valence-electron chi connectivity index (χ3n) is 11.6. The predicted molar refractivity (Wildman–Crippen MR) is 209 cm³/mol. The van der Waals surface area contributed by atoms with Crippen LogP contribution in [0.3, 0.4) is 0 Å². The number of aromatic hydroxyl groups is 1. The van der Waals surface area contributed by atoms with Crippen molar-refractivity contribution in [1.82, 2.24) is 5.01 Å². The van der Waals surface area contributed by atoms with Gasteiger partial charge in [-0.25, -0.2) is 0 Å². The number of phenols is 1. The summed E-state index contributed by atoms with van der Waals surface area (Å²) in [5, 5.41) is 12.4. The van der Waals surface area contributed by atoms with Gasteiger partial charge >= 0.3 is 0 Å². The van der Waals surface area contributed by atoms with E-state index in [0.29, 0.717) is 33.3 Å². The first-order valence-corrected chi connectivity index (χ1v) is 18.8. The SMILES string of the molecule is C=Cc1ccc(N2C(=O)C3CC=C4C(CC5C(=O)N(Nc6ccc(Cl)cc6Cl)C(=O)C5(c5ccc(OC)cc5)C4c4ccc(O)c(OCC)c4)C3C2=O)cc1. The molecule has 4 aromatic rings. The molecule has 4 aliphatic rings. The van der Waals surface area contributed by atoms with E-state index in [2.05, 4.69) is 12.0 Å². The van der Waals surface area contributed by atoms with Gasteiger partial charge in [-0.05, 0) is 97.0 Å². The molecule has 280 valence electrons. The fourth-order valence-electron chi connectivity index (χ4n) is 9.21. The second kappa shape index (κ2) is 13.9. The zero-order chi connectivity index (χ0) is 38.8. The second-order valence-corrected chi connectivity index (χ2v) is 15.0. The number of fused-ring (bicyclic) bond motifs is 4. The summed E-state index contributed by atoms with van der Waals surface area (Å²) >= 11 is 12.7. The normalized spacial score (nSPS) is 25.6. The van der Waals surface area contributed by atoms with Crippen molar-refractivity contribution < 1.29 is 33.8 Å². The number of hydrogen-bond donors (Lipinski definition) is 2. The van der Waals surface area contributed by atoms with Gasteiger partial charge in [0, 0.05) is 10.9 Å². The van der Waals surface area contributed by atoms with Gasteiger partial charge in [-0.2, -0.15) is 5.01 Å². The number of benzene rings is 4. The molecule has 8 rings (SSSR count). The lowest BCUT2D eigenvalue weighted by Crippen LogP contribution is -2.53. The van der Waals surface area contributed by atoms with E-state index >= 15 is 4.79 Å². The van der Waals surface area contributed by atoms with E-state index in [-0.39, 0.29) is 47.8 Å². The summed E-state index contributed by atoms with van der Waals surface area (Å²) in [4.78, 5) is 60.5. The van der Waals surface area contributed by atoms with E-state index in [4.69, 9.17) is 32.7 Å². The minimum absolute atomic E-state index is 0.0881. The first-order valence-electron chi connectivity index (χ1n) is 18.0. The number of hydrazine groups is 1. The van der Waals surface area contributed by atoms with Gasteiger partial charge in [0.25, 0.3) is 11.8 Å². The number of ether oxygens (including phenoxy) is 2. The van der Waals surface area contributed by atoms with Gasteiger partial charge in [0.1, 0.15) is 5.75 Å². The van der Waals surface area contributed by atoms with Crippen molar-refractivity contribution in [1.29, 1.82) is 0 Å². The smallest absolute Gasteiger partial charge is 0.260 e. The highest BCUT2D eigenvalue weighted by Gasteiger charge is 2.70. The molecular weight excluding hydrogens is 741 g/mol. The van der Waals surface area contributed by atoms with Crippen molar-refractivity contribution >= 4 is 64.3 Å². The summed E-state index contributed by atoms with van der Waals surface area (Å²) in [6.07, 6.45) is 4.02. The number of carbonyl (C=O) groups is 4. The Hall–Kier alpha value is -5.58. The molecule has 0 aromatic heterocycles. The molecule has 6 atom stereocenters. The maximum atomic E-state index is 15.5. The van der Waals surface area contributed by atoms with Crippen LogP contribution in [0.2, 0.25) is 10.0 Å². The number of rotatable bonds is 9. The fourth-order valence-corrected chi connectivity index (χ4v) is 9.66. The Morgan fingerprint density at radius 2 is 1.67 bits per heavy atom. The van der Waals surface area contributed by atoms with Crippen LogP contribution < -0.4 is 19.8 Å². The lowest BCUT2D eigenvalue weighted by molar-refractivity contribution is -0.138. The maximum absolute atomic E-state index is 15.5. The molecule has 2 aliphatic carbocycles. The number of methoxy groups -OCH3 is 1. The van der Waals surface area contributed by atoms with Crippen LogP contribution in [0.1, 0.15) is 42.4 Å². The van der Waals surface area contributed by atoms with Crippen LogP contribution in [0.4, 0.5) is 11.4 Å². The van der Waals surface area contributed by atoms with Gasteiger partial charge in [0.15, 0.2) is 11.5 Å². The number of allylic oxidation sites excluding steroid dienone is 2. The van der Waals surface area contributed by atoms with Gasteiger partial charge in [-0.3, -0.25) is 29.5 Å². The van der Waals surface area contributed by atoms with Crippen LogP contribution in [0.5, 0.6) is 17.2 Å². The number of nitrogens with one attached hydrogen (secondary N) is 1. The van der Waals surface area contributed by atoms with Crippen molar-refractivity contribution in [2.75, 3.05) is 24.0 Å². The molecule has 0 radical (unpaired) electrons. The van der Waals surface area contributed by atoms with Crippen LogP contribution in [-0.4, -0.2) is 47.5 Å². The monoisotopic (exact) mass is 777 g/mol. The van der Waals surface area contributed by atoms with Crippen molar-refractivity contribution in [3.8, 4) is 17.2 Å². The Kier molecular flexibility index (Phi) is 9.22. The molecule has 12 heteroatoms. The van der Waals surface area contributed by atoms with E-state index in [0.717, 1.165) is 16.1 Å². The average molecular weight is 779 g/mol. The molecule has 2 aliphatic heterocycles. The lowest BCUT2D eigenvalue weighted by Gasteiger charge is -2.50. The molecule has 2 N–H and O–H groups in total. The molecular formula is C43H37Cl2N3O7. The molecule has 55 heavy (non-hydrogen) atoms. The summed E-state index contributed by atoms with van der Waals surface area (Å²) in [5.41, 5.74) is 4.95. The summed E-state index contributed by atoms with van der Waals surface area (Å²) in [6.45, 7) is 5.86. The molecule has 0 spiro atoms. The minimum Gasteiger partial charge on any atom is -0.504 e. The molecule has 0 bridgehead atoms. The Morgan fingerprint density at radius 1 is 0.927 bits per heavy atom. The fraction of sp³-hybridized carbons (Fsp3) is 0.256. The molecule has 10 nitrogen and oxygen atoms in total. The molecule has 4 amide bonds. The highest BCUT2D eigenvalue weighted by Crippen LogP contribution is 2.64. The minimum atomic E-state index is -1.56. The molecule has 6 unspecified atom stereocenters. The van der Waals surface area contributed by atoms with Crippen molar-refractivity contribution in [3.05, 3.63) is 130 Å². The molecule has 1 saturated carbocycles. The topological polar surface area (TPSA) is 125 Å². The quantitative estimate of drug-likeness (QED) is 0.130. The van der Waals surface area contributed by atoms with Gasteiger partial charge in [0.2, 0.25) is 11.8 Å². The van der Waals surface area contributed by atoms with Crippen LogP contribution in [0, 0.1) is 23.7 Å². The largest absolute Gasteiger partial charge is 0.504 e. The second-order valence-electron chi connectivity index (χ2n) is 14.2. The lowest BCUT2D eigenvalue weighted by atomic mass is 9.49. The van der Waals surface area contributed by atoms with Crippen LogP contribution in [0.25, 0.3) is 6.08 Å². The number of phenolic OH excluding ortho intramolecular Hbond substituents is 1. The Balaban J connectivity index is 1.33. The van der Waals surface area contributed by atoms with Crippen molar-refractivity contribution in [2.45, 2.75) is 31.1 Å². The summed E-state index contributed by atoms with van der Waals surface area (Å²) in [6, 6.07) is 23.8. The summed E-state index contributed by atoms with van der Waals surface area (Å²) in [5.74, 6) is -4.92. The average Bonchev–Trinajstić information content (AvgIpc) is 3.57. The van der Waals surface area contributed by atoms with E-state index in [9.17, 15) is 19.5 Å². The van der Waals surface area contributed by atoms with E-state index in [1.807, 2.05) is 6.08 Å². The van der Waals surface area contributed by atoms with E-state index in [1.54, 1.807) is 92.9 Å². The third kappa shape index (κ3) is 5.61. The molecule has 3 fully saturated rings. The number of halogens is 2. The van der Waals surface area contributed by atoms with Crippen molar-refractivity contribution in [3.63, 3.8) is 0 Å². The van der Waals surface area contributed by atoms with Crippen molar-refractivity contribution in [2.24, 2.45) is 23.7 Å². The number of nitrogens with zero attached hydrogens (tertiary/aromatic N) is 2. The van der Waals surface area contributed by atoms with Gasteiger partial charge in [-0.1, -0.05) is 77.8 Å². The van der Waals surface area contributed by atoms with Crippen LogP contribution >= 0.6 is 23.2 Å². The summed E-state index contributed by atoms with van der Waals surface area (Å²) in [7, 11) is 1.54. The molecule has 2 heterocycles. The maximum Gasteiger partial charge on any atom is 0.260 e. The first kappa shape index (κ1) is 36.4. The molecule has 4 aromatic carbocycles. The number of carbonyl (C=O) groups excluding carboxylic acids is 4. The highest BCUT2D eigenvalue weighted by atomic mass is 35.5. The Morgan fingerprint density at radius 3 is 2.35 bits per heavy atom. The third-order valence-corrected chi connectivity index (χ3v) is 12.1. The highest BCUT2D eigenvalue weighted by molar-refractivity contribution is 6.36. The summed E-state index contributed by atoms with van der Waals surface area (Å²) < 4.78 is 11.3. The standard InChI is InChI=1S/C43H37Cl2N3O7/c1-4-23-6-12-27(13-7-23)47-39(50)30-17-16-29-31(37(30)41(47)52)22-32-40(51)48(46-34-18-11-26(44)21-33(34)45)42(53)43(32,25-9-14-28(54-3)15-10-25)38(29)24-8-19-35(49)36(20-24)55-5-2/h4,6-16,18-21,30-32,37-38,46,49H,1,5,17,22H2,2-3H3. The molecule has 2 saturated heterocycles. The predicted octanol–water partition coefficient (Wildman–Crippen LogP) is 7.94. The van der Waals surface area contributed by atoms with E-state index in [1.165, 1.54) is 17.0 Å². The van der Waals surface area contributed by atoms with Gasteiger partial charge < -0.3 is 14.6 Å². The Bertz CT molecular complexity index is 2290. The van der Waals surface area contributed by atoms with Crippen LogP contribution in [0.15, 0.2) is 103 Å². The van der Waals surface area contributed by atoms with Gasteiger partial charge in [-0.15, -0.1) is 0 Å². The van der Waals surface area contributed by atoms with Crippen LogP contribution in [-0.2, 0) is 24.6 Å². The van der Waals surface area contributed by atoms with Gasteiger partial charge in [0.05, 0.1) is 53.3 Å². The Labute approximate surface area is 327 Å². The number of hydrogen-bond acceptors (Lipinski definition) is 8. The zero-order valence-corrected chi connectivity index (χ0v) is 31.5. The van der Waals surface area contributed by atoms with E-state index < -0.39 is 46.8 Å². The first-order chi connectivity index (χ1) is 26.5. The zero-order valence-electron chi connectivity index (χ0n) is 30.0. The number of amides is 4.